The monoisotopic (exact) mass is 538 g/mol. The van der Waals surface area contributed by atoms with E-state index in [1.54, 1.807) is 0 Å². The molecule has 0 spiro atoms. The number of fused-ring (bicyclic) bond motifs is 1. The van der Waals surface area contributed by atoms with Crippen molar-refractivity contribution in [3.05, 3.63) is 53.6 Å². The number of carboxylic acids is 1. The lowest BCUT2D eigenvalue weighted by molar-refractivity contribution is -0.144. The Morgan fingerprint density at radius 3 is 2.26 bits per heavy atom. The van der Waals surface area contributed by atoms with E-state index in [1.165, 1.54) is 0 Å². The summed E-state index contributed by atoms with van der Waals surface area (Å²) in [5.41, 5.74) is 1.75. The van der Waals surface area contributed by atoms with Crippen LogP contribution in [0.1, 0.15) is 76.0 Å². The Morgan fingerprint density at radius 1 is 0.949 bits per heavy atom. The molecule has 39 heavy (non-hydrogen) atoms. The Morgan fingerprint density at radius 2 is 1.62 bits per heavy atom. The van der Waals surface area contributed by atoms with E-state index < -0.39 is 17.9 Å². The summed E-state index contributed by atoms with van der Waals surface area (Å²) < 4.78 is 16.8. The number of carboxylic acid groups (broad SMARTS) is 1. The first-order valence-corrected chi connectivity index (χ1v) is 14.3. The van der Waals surface area contributed by atoms with Crippen LogP contribution in [0.15, 0.2) is 42.5 Å². The van der Waals surface area contributed by atoms with Gasteiger partial charge in [-0.25, -0.2) is 0 Å². The van der Waals surface area contributed by atoms with Crippen LogP contribution in [-0.4, -0.2) is 66.4 Å². The van der Waals surface area contributed by atoms with Crippen molar-refractivity contribution in [1.82, 2.24) is 9.80 Å². The predicted octanol–water partition coefficient (Wildman–Crippen LogP) is 5.47. The molecule has 2 aliphatic heterocycles. The fourth-order valence-corrected chi connectivity index (χ4v) is 5.59. The highest BCUT2D eigenvalue weighted by atomic mass is 16.7. The highest BCUT2D eigenvalue weighted by molar-refractivity contribution is 5.79. The van der Waals surface area contributed by atoms with Crippen LogP contribution in [-0.2, 0) is 9.59 Å². The van der Waals surface area contributed by atoms with Crippen molar-refractivity contribution in [3.8, 4) is 17.2 Å². The van der Waals surface area contributed by atoms with E-state index in [0.29, 0.717) is 24.7 Å². The SMILES string of the molecule is CCCCN(CCCC)C(=O)CN1CC(c2ccc3c(c2)OCO3)C(C(=O)O)C1c1ccc(OCCC)cc1. The molecule has 1 saturated heterocycles. The van der Waals surface area contributed by atoms with Crippen LogP contribution in [0.25, 0.3) is 0 Å². The van der Waals surface area contributed by atoms with Crippen molar-refractivity contribution in [2.75, 3.05) is 39.6 Å². The van der Waals surface area contributed by atoms with Gasteiger partial charge >= 0.3 is 5.97 Å². The molecule has 8 nitrogen and oxygen atoms in total. The number of carbonyl (C=O) groups excluding carboxylic acids is 1. The van der Waals surface area contributed by atoms with Crippen LogP contribution in [0.4, 0.5) is 0 Å². The first-order valence-electron chi connectivity index (χ1n) is 14.3. The maximum atomic E-state index is 13.6. The summed E-state index contributed by atoms with van der Waals surface area (Å²) in [6.45, 7) is 9.18. The van der Waals surface area contributed by atoms with E-state index in [-0.39, 0.29) is 25.2 Å². The van der Waals surface area contributed by atoms with E-state index in [4.69, 9.17) is 14.2 Å². The van der Waals surface area contributed by atoms with Gasteiger partial charge in [-0.3, -0.25) is 14.5 Å². The van der Waals surface area contributed by atoms with E-state index in [2.05, 4.69) is 25.7 Å². The Balaban J connectivity index is 1.66. The standard InChI is InChI=1S/C31H42N2O6/c1-4-7-15-32(16-8-5-2)28(34)20-33-19-25(23-11-14-26-27(18-23)39-21-38-26)29(31(35)36)30(33)22-9-12-24(13-10-22)37-17-6-3/h9-14,18,25,29-30H,4-8,15-17,19-21H2,1-3H3,(H,35,36). The molecule has 1 fully saturated rings. The Labute approximate surface area is 231 Å². The Bertz CT molecular complexity index is 1100. The van der Waals surface area contributed by atoms with Gasteiger partial charge in [-0.15, -0.1) is 0 Å². The van der Waals surface area contributed by atoms with Gasteiger partial charge in [0.15, 0.2) is 11.5 Å². The van der Waals surface area contributed by atoms with Gasteiger partial charge in [0.05, 0.1) is 19.1 Å². The molecule has 2 aliphatic rings. The summed E-state index contributed by atoms with van der Waals surface area (Å²) in [6.07, 6.45) is 4.85. The smallest absolute Gasteiger partial charge is 0.309 e. The first-order chi connectivity index (χ1) is 19.0. The van der Waals surface area contributed by atoms with Crippen LogP contribution in [0.3, 0.4) is 0 Å². The lowest BCUT2D eigenvalue weighted by atomic mass is 9.82. The molecular formula is C31H42N2O6. The van der Waals surface area contributed by atoms with Crippen molar-refractivity contribution in [2.24, 2.45) is 5.92 Å². The van der Waals surface area contributed by atoms with Gasteiger partial charge in [0.25, 0.3) is 0 Å². The second kappa shape index (κ2) is 13.7. The predicted molar refractivity (Wildman–Crippen MR) is 149 cm³/mol. The fourth-order valence-electron chi connectivity index (χ4n) is 5.59. The highest BCUT2D eigenvalue weighted by Gasteiger charge is 2.48. The summed E-state index contributed by atoms with van der Waals surface area (Å²) in [4.78, 5) is 30.5. The number of hydrogen-bond acceptors (Lipinski definition) is 6. The molecule has 8 heteroatoms. The normalized spacial score (nSPS) is 20.2. The molecule has 2 aromatic carbocycles. The number of likely N-dealkylation sites (tertiary alicyclic amines) is 1. The molecule has 0 saturated carbocycles. The lowest BCUT2D eigenvalue weighted by Crippen LogP contribution is -2.42. The zero-order valence-corrected chi connectivity index (χ0v) is 23.4. The van der Waals surface area contributed by atoms with Crippen molar-refractivity contribution in [1.29, 1.82) is 0 Å². The number of nitrogens with zero attached hydrogens (tertiary/aromatic N) is 2. The van der Waals surface area contributed by atoms with Crippen molar-refractivity contribution in [3.63, 3.8) is 0 Å². The van der Waals surface area contributed by atoms with Crippen LogP contribution >= 0.6 is 0 Å². The fraction of sp³-hybridized carbons (Fsp3) is 0.548. The van der Waals surface area contributed by atoms with E-state index in [0.717, 1.165) is 62.1 Å². The summed E-state index contributed by atoms with van der Waals surface area (Å²) >= 11 is 0. The summed E-state index contributed by atoms with van der Waals surface area (Å²) in [5.74, 6) is 0.178. The molecule has 3 unspecified atom stereocenters. The van der Waals surface area contributed by atoms with Gasteiger partial charge in [0.2, 0.25) is 12.7 Å². The van der Waals surface area contributed by atoms with Gasteiger partial charge in [0.1, 0.15) is 5.75 Å². The molecule has 2 aromatic rings. The number of unbranched alkanes of at least 4 members (excludes halogenated alkanes) is 2. The van der Waals surface area contributed by atoms with Crippen LogP contribution in [0.2, 0.25) is 0 Å². The minimum atomic E-state index is -0.877. The maximum absolute atomic E-state index is 13.6. The molecule has 2 heterocycles. The average molecular weight is 539 g/mol. The Kier molecular flexibility index (Phi) is 10.1. The molecule has 1 amide bonds. The number of ether oxygens (including phenoxy) is 3. The third kappa shape index (κ3) is 6.85. The second-order valence-electron chi connectivity index (χ2n) is 10.5. The number of hydrogen-bond donors (Lipinski definition) is 1. The second-order valence-corrected chi connectivity index (χ2v) is 10.5. The molecule has 212 valence electrons. The van der Waals surface area contributed by atoms with E-state index in [1.807, 2.05) is 47.4 Å². The largest absolute Gasteiger partial charge is 0.494 e. The van der Waals surface area contributed by atoms with Crippen molar-refractivity contribution >= 4 is 11.9 Å². The summed E-state index contributed by atoms with van der Waals surface area (Å²) in [5, 5.41) is 10.5. The zero-order valence-electron chi connectivity index (χ0n) is 23.4. The molecule has 1 N–H and O–H groups in total. The quantitative estimate of drug-likeness (QED) is 0.341. The average Bonchev–Trinajstić information content (AvgIpc) is 3.56. The minimum Gasteiger partial charge on any atom is -0.494 e. The third-order valence-electron chi connectivity index (χ3n) is 7.66. The van der Waals surface area contributed by atoms with Crippen molar-refractivity contribution < 1.29 is 28.9 Å². The minimum absolute atomic E-state index is 0.0558. The van der Waals surface area contributed by atoms with Gasteiger partial charge in [-0.05, 0) is 54.7 Å². The topological polar surface area (TPSA) is 88.5 Å². The van der Waals surface area contributed by atoms with Crippen molar-refractivity contribution in [2.45, 2.75) is 64.8 Å². The zero-order chi connectivity index (χ0) is 27.8. The Hall–Kier alpha value is -3.26. The molecule has 0 aliphatic carbocycles. The summed E-state index contributed by atoms with van der Waals surface area (Å²) in [7, 11) is 0. The van der Waals surface area contributed by atoms with Gasteiger partial charge in [-0.2, -0.15) is 0 Å². The third-order valence-corrected chi connectivity index (χ3v) is 7.66. The first kappa shape index (κ1) is 28.7. The van der Waals surface area contributed by atoms with Gasteiger partial charge < -0.3 is 24.2 Å². The maximum Gasteiger partial charge on any atom is 0.309 e. The molecule has 0 aromatic heterocycles. The van der Waals surface area contributed by atoms with E-state index in [9.17, 15) is 14.7 Å². The van der Waals surface area contributed by atoms with Crippen LogP contribution in [0.5, 0.6) is 17.2 Å². The van der Waals surface area contributed by atoms with E-state index >= 15 is 0 Å². The number of aliphatic carboxylic acids is 1. The van der Waals surface area contributed by atoms with Crippen LogP contribution < -0.4 is 14.2 Å². The van der Waals surface area contributed by atoms with Crippen LogP contribution in [0, 0.1) is 5.92 Å². The number of benzene rings is 2. The summed E-state index contributed by atoms with van der Waals surface area (Å²) in [6, 6.07) is 12.9. The molecule has 4 rings (SSSR count). The number of carbonyl (C=O) groups is 2. The highest BCUT2D eigenvalue weighted by Crippen LogP contribution is 2.47. The molecule has 3 atom stereocenters. The molecule has 0 bridgehead atoms. The molecular weight excluding hydrogens is 496 g/mol. The molecule has 0 radical (unpaired) electrons. The van der Waals surface area contributed by atoms with Gasteiger partial charge in [-0.1, -0.05) is 51.8 Å². The number of rotatable bonds is 14. The number of amides is 1. The lowest BCUT2D eigenvalue weighted by Gasteiger charge is -2.30. The van der Waals surface area contributed by atoms with Gasteiger partial charge in [0, 0.05) is 31.6 Å².